The molecule has 0 aromatic carbocycles. The molecule has 2 fully saturated rings. The van der Waals surface area contributed by atoms with E-state index in [4.69, 9.17) is 5.11 Å². The third-order valence-corrected chi connectivity index (χ3v) is 4.43. The van der Waals surface area contributed by atoms with Gasteiger partial charge in [0.25, 0.3) is 5.91 Å². The molecule has 3 heterocycles. The van der Waals surface area contributed by atoms with E-state index in [0.717, 1.165) is 4.90 Å². The van der Waals surface area contributed by atoms with Gasteiger partial charge in [0.2, 0.25) is 5.91 Å². The second kappa shape index (κ2) is 6.07. The van der Waals surface area contributed by atoms with Crippen molar-refractivity contribution in [3.05, 3.63) is 5.69 Å². The molecule has 2 aliphatic rings. The SMILES string of the molecule is COC(=O)C1CCC(=O)N1C1CCN(c2n[nH]c(C(=O)O)c2O)C1=O. The van der Waals surface area contributed by atoms with Gasteiger partial charge in [-0.25, -0.2) is 9.59 Å². The Balaban J connectivity index is 1.85. The number of nitrogens with zero attached hydrogens (tertiary/aromatic N) is 3. The number of carbonyl (C=O) groups excluding carboxylic acids is 3. The predicted octanol–water partition coefficient (Wildman–Crippen LogP) is -0.917. The summed E-state index contributed by atoms with van der Waals surface area (Å²) in [6, 6.07) is -1.71. The van der Waals surface area contributed by atoms with Gasteiger partial charge in [-0.1, -0.05) is 0 Å². The zero-order chi connectivity index (χ0) is 18.3. The van der Waals surface area contributed by atoms with Crippen molar-refractivity contribution in [1.82, 2.24) is 15.1 Å². The fourth-order valence-electron chi connectivity index (χ4n) is 3.26. The van der Waals surface area contributed by atoms with Gasteiger partial charge in [0, 0.05) is 13.0 Å². The minimum absolute atomic E-state index is 0.124. The first-order valence-electron chi connectivity index (χ1n) is 7.57. The molecule has 3 rings (SSSR count). The number of aromatic carboxylic acids is 1. The third-order valence-electron chi connectivity index (χ3n) is 4.43. The lowest BCUT2D eigenvalue weighted by Gasteiger charge is -2.27. The van der Waals surface area contributed by atoms with Crippen LogP contribution in [0.2, 0.25) is 0 Å². The van der Waals surface area contributed by atoms with E-state index >= 15 is 0 Å². The van der Waals surface area contributed by atoms with Crippen LogP contribution in [-0.4, -0.2) is 74.8 Å². The van der Waals surface area contributed by atoms with Crippen LogP contribution < -0.4 is 4.90 Å². The molecule has 0 bridgehead atoms. The summed E-state index contributed by atoms with van der Waals surface area (Å²) in [5.74, 6) is -3.74. The number of carboxylic acid groups (broad SMARTS) is 1. The molecule has 2 saturated heterocycles. The Bertz CT molecular complexity index is 758. The Labute approximate surface area is 141 Å². The second-order valence-electron chi connectivity index (χ2n) is 5.75. The number of rotatable bonds is 4. The number of ether oxygens (including phenoxy) is 1. The lowest BCUT2D eigenvalue weighted by Crippen LogP contribution is -2.49. The zero-order valence-corrected chi connectivity index (χ0v) is 13.3. The van der Waals surface area contributed by atoms with Crippen LogP contribution in [-0.2, 0) is 19.1 Å². The van der Waals surface area contributed by atoms with Crippen LogP contribution in [0.15, 0.2) is 0 Å². The van der Waals surface area contributed by atoms with Crippen molar-refractivity contribution >= 4 is 29.6 Å². The molecule has 25 heavy (non-hydrogen) atoms. The normalized spacial score (nSPS) is 23.4. The quantitative estimate of drug-likeness (QED) is 0.588. The average molecular weight is 352 g/mol. The molecule has 2 aliphatic heterocycles. The smallest absolute Gasteiger partial charge is 0.357 e. The molecule has 3 N–H and O–H groups in total. The first-order chi connectivity index (χ1) is 11.9. The fraction of sp³-hybridized carbons (Fsp3) is 0.500. The molecule has 0 aliphatic carbocycles. The second-order valence-corrected chi connectivity index (χ2v) is 5.75. The number of aromatic amines is 1. The summed E-state index contributed by atoms with van der Waals surface area (Å²) in [5, 5.41) is 24.7. The van der Waals surface area contributed by atoms with Gasteiger partial charge in [-0.2, -0.15) is 5.10 Å². The molecular weight excluding hydrogens is 336 g/mol. The number of aromatic hydroxyl groups is 1. The molecule has 0 spiro atoms. The van der Waals surface area contributed by atoms with Crippen molar-refractivity contribution in [3.8, 4) is 5.75 Å². The number of carbonyl (C=O) groups is 4. The number of anilines is 1. The Hall–Kier alpha value is -3.11. The van der Waals surface area contributed by atoms with Gasteiger partial charge in [-0.3, -0.25) is 19.6 Å². The Morgan fingerprint density at radius 1 is 1.32 bits per heavy atom. The highest BCUT2D eigenvalue weighted by molar-refractivity contribution is 6.04. The molecule has 0 saturated carbocycles. The van der Waals surface area contributed by atoms with Crippen molar-refractivity contribution in [3.63, 3.8) is 0 Å². The van der Waals surface area contributed by atoms with E-state index in [1.54, 1.807) is 0 Å². The number of esters is 1. The number of carboxylic acids is 1. The van der Waals surface area contributed by atoms with Crippen molar-refractivity contribution in [2.45, 2.75) is 31.3 Å². The minimum Gasteiger partial charge on any atom is -0.503 e. The minimum atomic E-state index is -1.42. The number of H-pyrrole nitrogens is 1. The summed E-state index contributed by atoms with van der Waals surface area (Å²) >= 11 is 0. The summed E-state index contributed by atoms with van der Waals surface area (Å²) in [4.78, 5) is 50.0. The molecule has 1 aromatic heterocycles. The lowest BCUT2D eigenvalue weighted by atomic mass is 10.1. The van der Waals surface area contributed by atoms with Crippen molar-refractivity contribution < 1.29 is 34.1 Å². The van der Waals surface area contributed by atoms with Gasteiger partial charge in [0.05, 0.1) is 7.11 Å². The first kappa shape index (κ1) is 16.7. The predicted molar refractivity (Wildman–Crippen MR) is 79.9 cm³/mol. The highest BCUT2D eigenvalue weighted by atomic mass is 16.5. The van der Waals surface area contributed by atoms with E-state index in [1.807, 2.05) is 0 Å². The molecule has 2 atom stereocenters. The van der Waals surface area contributed by atoms with Crippen LogP contribution in [0.5, 0.6) is 5.75 Å². The van der Waals surface area contributed by atoms with Gasteiger partial charge >= 0.3 is 11.9 Å². The standard InChI is InChI=1S/C14H16N4O7/c1-25-14(24)7-2-3-8(19)18(7)6-4-5-17(12(6)21)11-10(20)9(13(22)23)15-16-11/h6-7,20H,2-5H2,1H3,(H,15,16)(H,22,23). The maximum absolute atomic E-state index is 12.7. The van der Waals surface area contributed by atoms with E-state index in [9.17, 15) is 24.3 Å². The lowest BCUT2D eigenvalue weighted by molar-refractivity contribution is -0.151. The summed E-state index contributed by atoms with van der Waals surface area (Å²) in [5.41, 5.74) is -0.532. The van der Waals surface area contributed by atoms with Crippen molar-refractivity contribution in [1.29, 1.82) is 0 Å². The molecular formula is C14H16N4O7. The Morgan fingerprint density at radius 2 is 2.04 bits per heavy atom. The van der Waals surface area contributed by atoms with E-state index < -0.39 is 41.4 Å². The van der Waals surface area contributed by atoms with Crippen molar-refractivity contribution in [2.75, 3.05) is 18.6 Å². The number of nitrogens with one attached hydrogen (secondary N) is 1. The maximum atomic E-state index is 12.7. The summed E-state index contributed by atoms with van der Waals surface area (Å²) in [6.07, 6.45) is 0.638. The van der Waals surface area contributed by atoms with Gasteiger partial charge in [-0.05, 0) is 12.8 Å². The number of aromatic nitrogens is 2. The van der Waals surface area contributed by atoms with E-state index in [2.05, 4.69) is 14.9 Å². The summed E-state index contributed by atoms with van der Waals surface area (Å²) in [7, 11) is 1.21. The third kappa shape index (κ3) is 2.57. The number of hydrogen-bond acceptors (Lipinski definition) is 7. The van der Waals surface area contributed by atoms with Crippen LogP contribution in [0.4, 0.5) is 5.82 Å². The van der Waals surface area contributed by atoms with Crippen LogP contribution in [0.3, 0.4) is 0 Å². The van der Waals surface area contributed by atoms with Crippen LogP contribution in [0, 0.1) is 0 Å². The summed E-state index contributed by atoms with van der Waals surface area (Å²) < 4.78 is 4.69. The maximum Gasteiger partial charge on any atom is 0.357 e. The molecule has 0 radical (unpaired) electrons. The largest absolute Gasteiger partial charge is 0.503 e. The number of hydrogen-bond donors (Lipinski definition) is 3. The van der Waals surface area contributed by atoms with Gasteiger partial charge in [0.1, 0.15) is 12.1 Å². The molecule has 2 amide bonds. The van der Waals surface area contributed by atoms with E-state index in [-0.39, 0.29) is 37.5 Å². The first-order valence-corrected chi connectivity index (χ1v) is 7.57. The molecule has 11 heteroatoms. The number of likely N-dealkylation sites (tertiary alicyclic amines) is 1. The van der Waals surface area contributed by atoms with E-state index in [0.29, 0.717) is 0 Å². The van der Waals surface area contributed by atoms with Gasteiger partial charge in [0.15, 0.2) is 17.3 Å². The van der Waals surface area contributed by atoms with Crippen LogP contribution in [0.25, 0.3) is 0 Å². The zero-order valence-electron chi connectivity index (χ0n) is 13.3. The van der Waals surface area contributed by atoms with Crippen molar-refractivity contribution in [2.24, 2.45) is 0 Å². The van der Waals surface area contributed by atoms with Crippen LogP contribution >= 0.6 is 0 Å². The average Bonchev–Trinajstić information content (AvgIpc) is 3.24. The van der Waals surface area contributed by atoms with E-state index in [1.165, 1.54) is 12.0 Å². The highest BCUT2D eigenvalue weighted by Crippen LogP contribution is 2.34. The monoisotopic (exact) mass is 352 g/mol. The van der Waals surface area contributed by atoms with Gasteiger partial charge < -0.3 is 19.8 Å². The van der Waals surface area contributed by atoms with Gasteiger partial charge in [-0.15, -0.1) is 0 Å². The molecule has 2 unspecified atom stereocenters. The highest BCUT2D eigenvalue weighted by Gasteiger charge is 2.48. The number of amides is 2. The summed E-state index contributed by atoms with van der Waals surface area (Å²) in [6.45, 7) is 0.124. The molecule has 11 nitrogen and oxygen atoms in total. The molecule has 1 aromatic rings. The number of methoxy groups -OCH3 is 1. The van der Waals surface area contributed by atoms with Crippen LogP contribution in [0.1, 0.15) is 29.8 Å². The topological polar surface area (TPSA) is 153 Å². The molecule has 134 valence electrons. The Morgan fingerprint density at radius 3 is 2.64 bits per heavy atom. The Kier molecular flexibility index (Phi) is 4.07. The fourth-order valence-corrected chi connectivity index (χ4v) is 3.26.